The molecule has 110 valence electrons. The van der Waals surface area contributed by atoms with Crippen molar-refractivity contribution in [3.63, 3.8) is 0 Å². The van der Waals surface area contributed by atoms with Crippen LogP contribution in [0.25, 0.3) is 0 Å². The van der Waals surface area contributed by atoms with E-state index >= 15 is 0 Å². The maximum Gasteiger partial charge on any atom is 0.170 e. The minimum Gasteiger partial charge on any atom is -0.409 e. The lowest BCUT2D eigenvalue weighted by Crippen LogP contribution is -2.13. The van der Waals surface area contributed by atoms with Gasteiger partial charge in [-0.05, 0) is 58.2 Å². The van der Waals surface area contributed by atoms with Gasteiger partial charge in [0.15, 0.2) is 5.84 Å². The number of anilines is 1. The third-order valence-electron chi connectivity index (χ3n) is 3.14. The lowest BCUT2D eigenvalue weighted by Gasteiger charge is -2.12. The van der Waals surface area contributed by atoms with E-state index in [0.29, 0.717) is 12.1 Å². The smallest absolute Gasteiger partial charge is 0.170 e. The van der Waals surface area contributed by atoms with Crippen LogP contribution in [0.5, 0.6) is 0 Å². The number of nitrogens with one attached hydrogen (secondary N) is 1. The Kier molecular flexibility index (Phi) is 5.25. The zero-order valence-corrected chi connectivity index (χ0v) is 14.6. The van der Waals surface area contributed by atoms with Gasteiger partial charge in [0.25, 0.3) is 0 Å². The van der Waals surface area contributed by atoms with Gasteiger partial charge in [-0.15, -0.1) is 0 Å². The zero-order valence-electron chi connectivity index (χ0n) is 11.4. The van der Waals surface area contributed by atoms with E-state index in [4.69, 9.17) is 10.9 Å². The van der Waals surface area contributed by atoms with Crippen LogP contribution in [0.2, 0.25) is 0 Å². The summed E-state index contributed by atoms with van der Waals surface area (Å²) in [5.41, 5.74) is 9.55. The van der Waals surface area contributed by atoms with Crippen molar-refractivity contribution in [1.82, 2.24) is 0 Å². The first-order chi connectivity index (χ1) is 10.0. The van der Waals surface area contributed by atoms with Gasteiger partial charge in [-0.1, -0.05) is 33.2 Å². The summed E-state index contributed by atoms with van der Waals surface area (Å²) in [5.74, 6) is 0.118. The predicted molar refractivity (Wildman–Crippen MR) is 92.9 cm³/mol. The van der Waals surface area contributed by atoms with E-state index in [-0.39, 0.29) is 5.84 Å². The summed E-state index contributed by atoms with van der Waals surface area (Å²) in [5, 5.41) is 15.1. The highest BCUT2D eigenvalue weighted by Gasteiger charge is 2.05. The summed E-state index contributed by atoms with van der Waals surface area (Å²) in [4.78, 5) is 0. The number of rotatable bonds is 4. The van der Waals surface area contributed by atoms with E-state index in [2.05, 4.69) is 42.3 Å². The Morgan fingerprint density at radius 1 is 1.24 bits per heavy atom. The van der Waals surface area contributed by atoms with Crippen LogP contribution in [0.15, 0.2) is 50.5 Å². The molecule has 0 spiro atoms. The SMILES string of the molecule is Cc1cc(/C(N)=N/O)ccc1CNc1cc(Br)ccc1Br. The Bertz CT molecular complexity index is 687. The minimum atomic E-state index is 0.118. The number of halogens is 2. The lowest BCUT2D eigenvalue weighted by atomic mass is 10.0. The molecule has 6 heteroatoms. The number of nitrogens with two attached hydrogens (primary N) is 1. The molecule has 4 N–H and O–H groups in total. The summed E-state index contributed by atoms with van der Waals surface area (Å²) in [7, 11) is 0. The number of aryl methyl sites for hydroxylation is 1. The average molecular weight is 413 g/mol. The van der Waals surface area contributed by atoms with Crippen molar-refractivity contribution in [2.75, 3.05) is 5.32 Å². The molecule has 0 saturated heterocycles. The Hall–Kier alpha value is -1.53. The first-order valence-electron chi connectivity index (χ1n) is 6.27. The van der Waals surface area contributed by atoms with Crippen molar-refractivity contribution in [1.29, 1.82) is 0 Å². The van der Waals surface area contributed by atoms with E-state index in [1.54, 1.807) is 0 Å². The first kappa shape index (κ1) is 15.9. The van der Waals surface area contributed by atoms with Crippen molar-refractivity contribution in [3.8, 4) is 0 Å². The number of benzene rings is 2. The van der Waals surface area contributed by atoms with Crippen LogP contribution in [0, 0.1) is 6.92 Å². The Morgan fingerprint density at radius 3 is 2.67 bits per heavy atom. The summed E-state index contributed by atoms with van der Waals surface area (Å²) in [6.45, 7) is 2.69. The number of oxime groups is 1. The highest BCUT2D eigenvalue weighted by atomic mass is 79.9. The topological polar surface area (TPSA) is 70.6 Å². The fraction of sp³-hybridized carbons (Fsp3) is 0.133. The summed E-state index contributed by atoms with van der Waals surface area (Å²) < 4.78 is 2.03. The Balaban J connectivity index is 2.15. The molecule has 0 heterocycles. The Labute approximate surface area is 140 Å². The van der Waals surface area contributed by atoms with Crippen LogP contribution >= 0.6 is 31.9 Å². The second-order valence-electron chi connectivity index (χ2n) is 4.60. The number of nitrogens with zero attached hydrogens (tertiary/aromatic N) is 1. The van der Waals surface area contributed by atoms with Gasteiger partial charge in [0, 0.05) is 26.7 Å². The largest absolute Gasteiger partial charge is 0.409 e. The number of hydrogen-bond donors (Lipinski definition) is 3. The van der Waals surface area contributed by atoms with Gasteiger partial charge in [-0.25, -0.2) is 0 Å². The quantitative estimate of drug-likeness (QED) is 0.304. The molecule has 0 atom stereocenters. The second kappa shape index (κ2) is 6.95. The molecule has 0 aliphatic rings. The van der Waals surface area contributed by atoms with Crippen LogP contribution in [0.1, 0.15) is 16.7 Å². The molecule has 0 unspecified atom stereocenters. The van der Waals surface area contributed by atoms with E-state index in [1.807, 2.05) is 43.3 Å². The third kappa shape index (κ3) is 3.98. The molecule has 4 nitrogen and oxygen atoms in total. The molecule has 0 aliphatic carbocycles. The van der Waals surface area contributed by atoms with Crippen molar-refractivity contribution >= 4 is 43.4 Å². The van der Waals surface area contributed by atoms with Crippen LogP contribution < -0.4 is 11.1 Å². The molecule has 2 aromatic rings. The fourth-order valence-corrected chi connectivity index (χ4v) is 2.68. The lowest BCUT2D eigenvalue weighted by molar-refractivity contribution is 0.318. The summed E-state index contributed by atoms with van der Waals surface area (Å²) in [6.07, 6.45) is 0. The van der Waals surface area contributed by atoms with Gasteiger partial charge in [0.2, 0.25) is 0 Å². The normalized spacial score (nSPS) is 11.5. The van der Waals surface area contributed by atoms with Crippen molar-refractivity contribution in [2.24, 2.45) is 10.9 Å². The molecule has 0 radical (unpaired) electrons. The van der Waals surface area contributed by atoms with Crippen LogP contribution in [0.3, 0.4) is 0 Å². The van der Waals surface area contributed by atoms with Gasteiger partial charge in [0.1, 0.15) is 0 Å². The molecule has 0 aliphatic heterocycles. The average Bonchev–Trinajstić information content (AvgIpc) is 2.48. The monoisotopic (exact) mass is 411 g/mol. The van der Waals surface area contributed by atoms with Crippen LogP contribution in [0.4, 0.5) is 5.69 Å². The predicted octanol–water partition coefficient (Wildman–Crippen LogP) is 4.23. The maximum atomic E-state index is 8.70. The van der Waals surface area contributed by atoms with Gasteiger partial charge < -0.3 is 16.3 Å². The standard InChI is InChI=1S/C15H15Br2N3O/c1-9-6-10(15(18)20-21)2-3-11(9)8-19-14-7-12(16)4-5-13(14)17/h2-7,19,21H,8H2,1H3,(H2,18,20). The minimum absolute atomic E-state index is 0.118. The van der Waals surface area contributed by atoms with Gasteiger partial charge in [-0.3, -0.25) is 0 Å². The number of amidine groups is 1. The molecule has 0 bridgehead atoms. The highest BCUT2D eigenvalue weighted by molar-refractivity contribution is 9.11. The second-order valence-corrected chi connectivity index (χ2v) is 6.37. The molecule has 0 aromatic heterocycles. The summed E-state index contributed by atoms with van der Waals surface area (Å²) in [6, 6.07) is 11.7. The molecular weight excluding hydrogens is 398 g/mol. The van der Waals surface area contributed by atoms with Crippen LogP contribution in [-0.2, 0) is 6.54 Å². The van der Waals surface area contributed by atoms with E-state index in [0.717, 1.165) is 25.8 Å². The van der Waals surface area contributed by atoms with Crippen LogP contribution in [-0.4, -0.2) is 11.0 Å². The first-order valence-corrected chi connectivity index (χ1v) is 7.86. The maximum absolute atomic E-state index is 8.70. The van der Waals surface area contributed by atoms with Crippen molar-refractivity contribution < 1.29 is 5.21 Å². The van der Waals surface area contributed by atoms with Crippen molar-refractivity contribution in [3.05, 3.63) is 62.0 Å². The molecular formula is C15H15Br2N3O. The molecule has 21 heavy (non-hydrogen) atoms. The molecule has 2 rings (SSSR count). The van der Waals surface area contributed by atoms with E-state index in [1.165, 1.54) is 0 Å². The fourth-order valence-electron chi connectivity index (χ4n) is 1.93. The molecule has 2 aromatic carbocycles. The number of hydrogen-bond acceptors (Lipinski definition) is 3. The highest BCUT2D eigenvalue weighted by Crippen LogP contribution is 2.27. The van der Waals surface area contributed by atoms with Gasteiger partial charge in [-0.2, -0.15) is 0 Å². The van der Waals surface area contributed by atoms with E-state index < -0.39 is 0 Å². The molecule has 0 fully saturated rings. The Morgan fingerprint density at radius 2 is 2.00 bits per heavy atom. The summed E-state index contributed by atoms with van der Waals surface area (Å²) >= 11 is 6.98. The molecule has 0 saturated carbocycles. The van der Waals surface area contributed by atoms with Crippen molar-refractivity contribution in [2.45, 2.75) is 13.5 Å². The van der Waals surface area contributed by atoms with Gasteiger partial charge in [0.05, 0.1) is 0 Å². The van der Waals surface area contributed by atoms with E-state index in [9.17, 15) is 0 Å². The van der Waals surface area contributed by atoms with Gasteiger partial charge >= 0.3 is 0 Å². The third-order valence-corrected chi connectivity index (χ3v) is 4.33. The zero-order chi connectivity index (χ0) is 15.4. The molecule has 0 amide bonds.